The van der Waals surface area contributed by atoms with E-state index in [-0.39, 0.29) is 5.82 Å². The zero-order chi connectivity index (χ0) is 22.8. The van der Waals surface area contributed by atoms with Crippen LogP contribution in [-0.2, 0) is 0 Å². The fourth-order valence-electron chi connectivity index (χ4n) is 3.87. The molecule has 0 saturated carbocycles. The van der Waals surface area contributed by atoms with Crippen LogP contribution >= 0.6 is 0 Å². The molecule has 5 rings (SSSR count). The minimum absolute atomic E-state index is 0.230. The van der Waals surface area contributed by atoms with Crippen LogP contribution in [0.25, 0.3) is 33.3 Å². The number of aromatic nitrogens is 2. The van der Waals surface area contributed by atoms with E-state index in [2.05, 4.69) is 27.4 Å². The Labute approximate surface area is 191 Å². The second-order valence-corrected chi connectivity index (χ2v) is 7.77. The summed E-state index contributed by atoms with van der Waals surface area (Å²) in [5.41, 5.74) is 7.47. The van der Waals surface area contributed by atoms with Gasteiger partial charge in [-0.1, -0.05) is 12.1 Å². The molecule has 0 amide bonds. The van der Waals surface area contributed by atoms with Gasteiger partial charge in [0, 0.05) is 40.3 Å². The Hall–Kier alpha value is -4.56. The number of nitrogens with one attached hydrogen (secondary N) is 1. The van der Waals surface area contributed by atoms with Crippen molar-refractivity contribution >= 4 is 22.3 Å². The maximum absolute atomic E-state index is 13.8. The first-order chi connectivity index (χ1) is 16.1. The van der Waals surface area contributed by atoms with Crippen molar-refractivity contribution in [1.82, 2.24) is 9.97 Å². The molecule has 0 radical (unpaired) electrons. The molecule has 0 saturated heterocycles. The molecule has 3 aromatic carbocycles. The maximum Gasteiger partial charge on any atom is 0.126 e. The molecule has 0 bridgehead atoms. The van der Waals surface area contributed by atoms with E-state index in [0.717, 1.165) is 44.7 Å². The van der Waals surface area contributed by atoms with Gasteiger partial charge < -0.3 is 5.32 Å². The number of anilines is 2. The second kappa shape index (κ2) is 8.52. The molecule has 4 nitrogen and oxygen atoms in total. The Morgan fingerprint density at radius 2 is 1.67 bits per heavy atom. The molecule has 5 aromatic rings. The molecule has 0 aliphatic carbocycles. The second-order valence-electron chi connectivity index (χ2n) is 7.77. The lowest BCUT2D eigenvalue weighted by Gasteiger charge is -2.13. The van der Waals surface area contributed by atoms with Crippen LogP contribution in [0.2, 0.25) is 0 Å². The van der Waals surface area contributed by atoms with E-state index >= 15 is 0 Å². The van der Waals surface area contributed by atoms with Gasteiger partial charge in [-0.25, -0.2) is 4.39 Å². The van der Waals surface area contributed by atoms with Gasteiger partial charge in [0.15, 0.2) is 0 Å². The third-order valence-electron chi connectivity index (χ3n) is 5.58. The van der Waals surface area contributed by atoms with E-state index in [1.165, 1.54) is 6.07 Å². The third-order valence-corrected chi connectivity index (χ3v) is 5.58. The Morgan fingerprint density at radius 3 is 2.45 bits per heavy atom. The van der Waals surface area contributed by atoms with Gasteiger partial charge in [0.05, 0.1) is 22.8 Å². The molecular formula is C28H19FN4. The number of halogens is 1. The highest BCUT2D eigenvalue weighted by Gasteiger charge is 2.12. The molecule has 0 atom stereocenters. The van der Waals surface area contributed by atoms with Crippen LogP contribution in [-0.4, -0.2) is 9.97 Å². The lowest BCUT2D eigenvalue weighted by molar-refractivity contribution is 0.619. The summed E-state index contributed by atoms with van der Waals surface area (Å²) in [6, 6.07) is 26.5. The summed E-state index contributed by atoms with van der Waals surface area (Å²) in [5, 5.41) is 13.4. The zero-order valence-corrected chi connectivity index (χ0v) is 17.9. The summed E-state index contributed by atoms with van der Waals surface area (Å²) in [6.07, 6.45) is 3.52. The molecule has 0 spiro atoms. The van der Waals surface area contributed by atoms with Gasteiger partial charge in [-0.2, -0.15) is 5.26 Å². The average molecular weight is 430 g/mol. The van der Waals surface area contributed by atoms with E-state index < -0.39 is 0 Å². The molecule has 33 heavy (non-hydrogen) atoms. The molecule has 2 heterocycles. The summed E-state index contributed by atoms with van der Waals surface area (Å²) in [5.74, 6) is -0.230. The predicted octanol–water partition coefficient (Wildman–Crippen LogP) is 7.03. The number of aryl methyl sites for hydroxylation is 1. The third kappa shape index (κ3) is 4.02. The van der Waals surface area contributed by atoms with Gasteiger partial charge in [0.2, 0.25) is 0 Å². The normalized spacial score (nSPS) is 10.7. The van der Waals surface area contributed by atoms with Crippen molar-refractivity contribution in [3.63, 3.8) is 0 Å². The van der Waals surface area contributed by atoms with Crippen LogP contribution in [0.5, 0.6) is 0 Å². The van der Waals surface area contributed by atoms with Gasteiger partial charge in [0.25, 0.3) is 0 Å². The first-order valence-electron chi connectivity index (χ1n) is 10.5. The van der Waals surface area contributed by atoms with Gasteiger partial charge in [-0.05, 0) is 84.8 Å². The van der Waals surface area contributed by atoms with E-state index in [4.69, 9.17) is 5.26 Å². The van der Waals surface area contributed by atoms with Crippen molar-refractivity contribution in [2.75, 3.05) is 5.32 Å². The Balaban J connectivity index is 1.60. The van der Waals surface area contributed by atoms with Gasteiger partial charge in [0.1, 0.15) is 5.82 Å². The number of hydrogen-bond donors (Lipinski definition) is 1. The SMILES string of the molecule is Cc1cc(-c2ncccc2-c2ccc3nccc(Nc4ccc(C#N)cc4)c3c2)ccc1F. The van der Waals surface area contributed by atoms with Crippen LogP contribution in [0.3, 0.4) is 0 Å². The van der Waals surface area contributed by atoms with Crippen molar-refractivity contribution in [2.45, 2.75) is 6.92 Å². The molecule has 2 aromatic heterocycles. The van der Waals surface area contributed by atoms with E-state index in [9.17, 15) is 4.39 Å². The lowest BCUT2D eigenvalue weighted by Crippen LogP contribution is -1.94. The maximum atomic E-state index is 13.8. The van der Waals surface area contributed by atoms with Crippen LogP contribution < -0.4 is 5.32 Å². The number of rotatable bonds is 4. The smallest absolute Gasteiger partial charge is 0.126 e. The van der Waals surface area contributed by atoms with Crippen LogP contribution in [0.4, 0.5) is 15.8 Å². The van der Waals surface area contributed by atoms with Crippen LogP contribution in [0.15, 0.2) is 91.3 Å². The topological polar surface area (TPSA) is 61.6 Å². The number of nitrogens with zero attached hydrogens (tertiary/aromatic N) is 3. The summed E-state index contributed by atoms with van der Waals surface area (Å²) in [7, 11) is 0. The van der Waals surface area contributed by atoms with Crippen LogP contribution in [0.1, 0.15) is 11.1 Å². The van der Waals surface area contributed by atoms with Crippen molar-refractivity contribution in [1.29, 1.82) is 5.26 Å². The first kappa shape index (κ1) is 20.3. The Morgan fingerprint density at radius 1 is 0.848 bits per heavy atom. The van der Waals surface area contributed by atoms with Gasteiger partial charge >= 0.3 is 0 Å². The zero-order valence-electron chi connectivity index (χ0n) is 17.9. The fourth-order valence-corrected chi connectivity index (χ4v) is 3.87. The highest BCUT2D eigenvalue weighted by Crippen LogP contribution is 2.34. The molecule has 1 N–H and O–H groups in total. The van der Waals surface area contributed by atoms with Crippen molar-refractivity contribution < 1.29 is 4.39 Å². The lowest BCUT2D eigenvalue weighted by atomic mass is 9.97. The van der Waals surface area contributed by atoms with Gasteiger partial charge in [-0.15, -0.1) is 0 Å². The standard InChI is InChI=1S/C28H19FN4/c1-18-15-21(6-10-25(18)29)28-23(3-2-13-32-28)20-7-11-26-24(16-20)27(12-14-31-26)33-22-8-4-19(17-30)5-9-22/h2-16H,1H3,(H,31,33). The van der Waals surface area contributed by atoms with Crippen molar-refractivity contribution in [2.24, 2.45) is 0 Å². The summed E-state index contributed by atoms with van der Waals surface area (Å²) in [4.78, 5) is 9.11. The monoisotopic (exact) mass is 430 g/mol. The fraction of sp³-hybridized carbons (Fsp3) is 0.0357. The molecule has 0 aliphatic heterocycles. The highest BCUT2D eigenvalue weighted by molar-refractivity contribution is 5.97. The molecule has 0 unspecified atom stereocenters. The number of pyridine rings is 2. The Kier molecular flexibility index (Phi) is 5.26. The molecular weight excluding hydrogens is 411 g/mol. The summed E-state index contributed by atoms with van der Waals surface area (Å²) >= 11 is 0. The van der Waals surface area contributed by atoms with E-state index in [0.29, 0.717) is 11.1 Å². The molecule has 5 heteroatoms. The van der Waals surface area contributed by atoms with Crippen molar-refractivity contribution in [3.05, 3.63) is 108 Å². The quantitative estimate of drug-likeness (QED) is 0.333. The van der Waals surface area contributed by atoms with Crippen molar-refractivity contribution in [3.8, 4) is 28.5 Å². The number of benzene rings is 3. The number of hydrogen-bond acceptors (Lipinski definition) is 4. The first-order valence-corrected chi connectivity index (χ1v) is 10.5. The summed E-state index contributed by atoms with van der Waals surface area (Å²) < 4.78 is 13.8. The van der Waals surface area contributed by atoms with E-state index in [1.807, 2.05) is 48.5 Å². The number of fused-ring (bicyclic) bond motifs is 1. The predicted molar refractivity (Wildman–Crippen MR) is 130 cm³/mol. The molecule has 0 aliphatic rings. The Bertz CT molecular complexity index is 1520. The van der Waals surface area contributed by atoms with Crippen LogP contribution in [0, 0.1) is 24.1 Å². The number of nitriles is 1. The molecule has 158 valence electrons. The summed E-state index contributed by atoms with van der Waals surface area (Å²) in [6.45, 7) is 1.75. The largest absolute Gasteiger partial charge is 0.355 e. The minimum atomic E-state index is -0.230. The van der Waals surface area contributed by atoms with E-state index in [1.54, 1.807) is 37.5 Å². The average Bonchev–Trinajstić information content (AvgIpc) is 2.86. The molecule has 0 fully saturated rings. The van der Waals surface area contributed by atoms with Gasteiger partial charge in [-0.3, -0.25) is 9.97 Å². The minimum Gasteiger partial charge on any atom is -0.355 e. The highest BCUT2D eigenvalue weighted by atomic mass is 19.1.